The molecule has 0 unspecified atom stereocenters. The zero-order valence-electron chi connectivity index (χ0n) is 15.3. The van der Waals surface area contributed by atoms with Gasteiger partial charge in [-0.05, 0) is 60.5 Å². The van der Waals surface area contributed by atoms with E-state index in [-0.39, 0.29) is 16.9 Å². The molecule has 0 aliphatic heterocycles. The van der Waals surface area contributed by atoms with E-state index in [1.807, 2.05) is 13.0 Å². The fourth-order valence-corrected chi connectivity index (χ4v) is 3.35. The summed E-state index contributed by atoms with van der Waals surface area (Å²) >= 11 is 11.9. The molecule has 0 fully saturated rings. The molecular formula is C23H15Cl2NO3. The van der Waals surface area contributed by atoms with Crippen molar-refractivity contribution in [2.75, 3.05) is 5.32 Å². The van der Waals surface area contributed by atoms with Crippen LogP contribution in [0.4, 0.5) is 5.88 Å². The minimum Gasteiger partial charge on any atom is -0.439 e. The number of hydrogen-bond acceptors (Lipinski definition) is 3. The third-order valence-corrected chi connectivity index (χ3v) is 5.09. The highest BCUT2D eigenvalue weighted by Gasteiger charge is 2.19. The highest BCUT2D eigenvalue weighted by atomic mass is 35.5. The summed E-state index contributed by atoms with van der Waals surface area (Å²) < 4.78 is 6.01. The van der Waals surface area contributed by atoms with Crippen LogP contribution in [0.15, 0.2) is 75.9 Å². The van der Waals surface area contributed by atoms with E-state index in [0.717, 1.165) is 5.56 Å². The number of para-hydroxylation sites is 1. The molecule has 4 rings (SSSR count). The van der Waals surface area contributed by atoms with Crippen LogP contribution in [0.2, 0.25) is 10.0 Å². The minimum absolute atomic E-state index is 0.0825. The Kier molecular flexibility index (Phi) is 5.14. The maximum Gasteiger partial charge on any atom is 0.257 e. The van der Waals surface area contributed by atoms with Crippen LogP contribution in [0.3, 0.4) is 0 Å². The van der Waals surface area contributed by atoms with E-state index >= 15 is 0 Å². The second-order valence-corrected chi connectivity index (χ2v) is 7.43. The number of carbonyl (C=O) groups is 1. The van der Waals surface area contributed by atoms with Crippen molar-refractivity contribution >= 4 is 46.0 Å². The molecule has 0 bridgehead atoms. The molecule has 3 aromatic carbocycles. The van der Waals surface area contributed by atoms with E-state index in [0.29, 0.717) is 32.1 Å². The monoisotopic (exact) mass is 423 g/mol. The smallest absolute Gasteiger partial charge is 0.257 e. The normalized spacial score (nSPS) is 10.9. The molecule has 0 atom stereocenters. The molecule has 0 saturated heterocycles. The average molecular weight is 424 g/mol. The molecule has 0 aliphatic rings. The largest absolute Gasteiger partial charge is 0.439 e. The molecule has 144 valence electrons. The number of nitrogens with one attached hydrogen (secondary N) is 1. The van der Waals surface area contributed by atoms with Gasteiger partial charge in [0.15, 0.2) is 0 Å². The van der Waals surface area contributed by atoms with Gasteiger partial charge in [0, 0.05) is 15.6 Å². The van der Waals surface area contributed by atoms with Gasteiger partial charge in [-0.25, -0.2) is 0 Å². The lowest BCUT2D eigenvalue weighted by Gasteiger charge is -2.12. The summed E-state index contributed by atoms with van der Waals surface area (Å²) in [6, 6.07) is 18.6. The molecule has 4 aromatic rings. The van der Waals surface area contributed by atoms with Crippen LogP contribution in [0.1, 0.15) is 15.9 Å². The van der Waals surface area contributed by atoms with Crippen LogP contribution in [0.5, 0.6) is 0 Å². The molecule has 1 N–H and O–H groups in total. The standard InChI is InChI=1S/C23H15Cl2NO3/c1-13-3-2-4-18-20(27)19(14-5-9-16(24)10-6-14)23(29-21(13)18)26-22(28)15-7-11-17(25)12-8-15/h2-12H,1H3,(H,26,28). The van der Waals surface area contributed by atoms with Crippen LogP contribution >= 0.6 is 23.2 Å². The van der Waals surface area contributed by atoms with Crippen molar-refractivity contribution in [3.05, 3.63) is 98.1 Å². The number of anilines is 1. The third-order valence-electron chi connectivity index (χ3n) is 4.58. The van der Waals surface area contributed by atoms with Crippen LogP contribution in [0, 0.1) is 6.92 Å². The van der Waals surface area contributed by atoms with Gasteiger partial charge in [0.25, 0.3) is 5.91 Å². The van der Waals surface area contributed by atoms with Gasteiger partial charge >= 0.3 is 0 Å². The number of fused-ring (bicyclic) bond motifs is 1. The summed E-state index contributed by atoms with van der Waals surface area (Å²) in [6.07, 6.45) is 0. The number of hydrogen-bond donors (Lipinski definition) is 1. The summed E-state index contributed by atoms with van der Waals surface area (Å²) in [5.41, 5.74) is 2.25. The lowest BCUT2D eigenvalue weighted by atomic mass is 10.0. The molecule has 1 heterocycles. The Hall–Kier alpha value is -3.08. The summed E-state index contributed by atoms with van der Waals surface area (Å²) in [4.78, 5) is 26.0. The van der Waals surface area contributed by atoms with Crippen molar-refractivity contribution < 1.29 is 9.21 Å². The Morgan fingerprint density at radius 3 is 2.17 bits per heavy atom. The van der Waals surface area contributed by atoms with Crippen LogP contribution in [-0.2, 0) is 0 Å². The third kappa shape index (κ3) is 3.77. The fraction of sp³-hybridized carbons (Fsp3) is 0.0435. The molecule has 0 radical (unpaired) electrons. The van der Waals surface area contributed by atoms with E-state index < -0.39 is 5.91 Å². The Morgan fingerprint density at radius 1 is 0.897 bits per heavy atom. The Balaban J connectivity index is 1.90. The zero-order valence-corrected chi connectivity index (χ0v) is 16.8. The molecule has 1 amide bonds. The predicted molar refractivity (Wildman–Crippen MR) is 117 cm³/mol. The second kappa shape index (κ2) is 7.74. The zero-order chi connectivity index (χ0) is 20.5. The fourth-order valence-electron chi connectivity index (χ4n) is 3.10. The number of carbonyl (C=O) groups excluding carboxylic acids is 1. The van der Waals surface area contributed by atoms with Crippen molar-refractivity contribution in [2.24, 2.45) is 0 Å². The highest BCUT2D eigenvalue weighted by Crippen LogP contribution is 2.31. The number of rotatable bonds is 3. The minimum atomic E-state index is -0.409. The number of halogens is 2. The van der Waals surface area contributed by atoms with E-state index in [1.165, 1.54) is 0 Å². The van der Waals surface area contributed by atoms with Gasteiger partial charge in [0.1, 0.15) is 5.58 Å². The molecule has 0 spiro atoms. The van der Waals surface area contributed by atoms with E-state index in [1.54, 1.807) is 60.7 Å². The van der Waals surface area contributed by atoms with E-state index in [2.05, 4.69) is 5.32 Å². The second-order valence-electron chi connectivity index (χ2n) is 6.55. The van der Waals surface area contributed by atoms with Gasteiger partial charge in [-0.3, -0.25) is 14.9 Å². The molecule has 0 saturated carbocycles. The highest BCUT2D eigenvalue weighted by molar-refractivity contribution is 6.31. The quantitative estimate of drug-likeness (QED) is 0.418. The lowest BCUT2D eigenvalue weighted by molar-refractivity contribution is 0.102. The molecule has 29 heavy (non-hydrogen) atoms. The molecule has 6 heteroatoms. The van der Waals surface area contributed by atoms with Crippen LogP contribution < -0.4 is 10.7 Å². The van der Waals surface area contributed by atoms with Crippen molar-refractivity contribution in [2.45, 2.75) is 6.92 Å². The molecule has 4 nitrogen and oxygen atoms in total. The van der Waals surface area contributed by atoms with Gasteiger partial charge in [-0.1, -0.05) is 47.5 Å². The van der Waals surface area contributed by atoms with Crippen LogP contribution in [0.25, 0.3) is 22.1 Å². The van der Waals surface area contributed by atoms with Crippen molar-refractivity contribution in [1.29, 1.82) is 0 Å². The van der Waals surface area contributed by atoms with Gasteiger partial charge in [-0.2, -0.15) is 0 Å². The first-order valence-electron chi connectivity index (χ1n) is 8.83. The summed E-state index contributed by atoms with van der Waals surface area (Å²) in [6.45, 7) is 1.85. The Bertz CT molecular complexity index is 1280. The Labute approximate surface area is 176 Å². The Morgan fingerprint density at radius 2 is 1.52 bits per heavy atom. The summed E-state index contributed by atoms with van der Waals surface area (Å²) in [5.74, 6) is -0.327. The van der Waals surface area contributed by atoms with Gasteiger partial charge in [0.2, 0.25) is 11.3 Å². The number of amides is 1. The maximum absolute atomic E-state index is 13.3. The van der Waals surface area contributed by atoms with Gasteiger partial charge in [0.05, 0.1) is 10.9 Å². The average Bonchev–Trinajstić information content (AvgIpc) is 2.71. The summed E-state index contributed by atoms with van der Waals surface area (Å²) in [5, 5.41) is 4.25. The summed E-state index contributed by atoms with van der Waals surface area (Å²) in [7, 11) is 0. The van der Waals surface area contributed by atoms with Crippen LogP contribution in [-0.4, -0.2) is 5.91 Å². The lowest BCUT2D eigenvalue weighted by Crippen LogP contribution is -2.16. The SMILES string of the molecule is Cc1cccc2c(=O)c(-c3ccc(Cl)cc3)c(NC(=O)c3ccc(Cl)cc3)oc12. The molecule has 0 aliphatic carbocycles. The first kappa shape index (κ1) is 19.2. The first-order chi connectivity index (χ1) is 13.9. The maximum atomic E-state index is 13.3. The number of benzene rings is 3. The van der Waals surface area contributed by atoms with Crippen molar-refractivity contribution in [3.63, 3.8) is 0 Å². The number of aryl methyl sites for hydroxylation is 1. The molecular weight excluding hydrogens is 409 g/mol. The van der Waals surface area contributed by atoms with E-state index in [4.69, 9.17) is 27.6 Å². The van der Waals surface area contributed by atoms with Gasteiger partial charge in [-0.15, -0.1) is 0 Å². The first-order valence-corrected chi connectivity index (χ1v) is 9.59. The van der Waals surface area contributed by atoms with Crippen molar-refractivity contribution in [3.8, 4) is 11.1 Å². The van der Waals surface area contributed by atoms with Gasteiger partial charge < -0.3 is 4.42 Å². The molecule has 1 aromatic heterocycles. The predicted octanol–water partition coefficient (Wildman–Crippen LogP) is 6.33. The topological polar surface area (TPSA) is 59.3 Å². The van der Waals surface area contributed by atoms with Crippen molar-refractivity contribution in [1.82, 2.24) is 0 Å². The van der Waals surface area contributed by atoms with E-state index in [9.17, 15) is 9.59 Å².